The Labute approximate surface area is 275 Å². The lowest BCUT2D eigenvalue weighted by molar-refractivity contribution is -0.153. The minimum Gasteiger partial charge on any atom is -0.456 e. The van der Waals surface area contributed by atoms with Crippen LogP contribution in [0.3, 0.4) is 0 Å². The van der Waals surface area contributed by atoms with E-state index in [2.05, 4.69) is 27.9 Å². The summed E-state index contributed by atoms with van der Waals surface area (Å²) in [5, 5.41) is 8.25. The Hall–Kier alpha value is -3.12. The van der Waals surface area contributed by atoms with Crippen molar-refractivity contribution in [3.8, 4) is 0 Å². The molecule has 1 aliphatic rings. The van der Waals surface area contributed by atoms with Crippen LogP contribution in [-0.2, 0) is 30.5 Å². The number of allylic oxidation sites excluding steroid dienone is 2. The number of carbonyl (C=O) groups excluding carboxylic acids is 5. The van der Waals surface area contributed by atoms with Crippen LogP contribution >= 0.6 is 23.5 Å². The van der Waals surface area contributed by atoms with E-state index in [1.54, 1.807) is 39.0 Å². The Kier molecular flexibility index (Phi) is 17.6. The minimum atomic E-state index is -1.03. The molecule has 2 bridgehead atoms. The summed E-state index contributed by atoms with van der Waals surface area (Å²) in [5.41, 5.74) is 0.573. The fourth-order valence-electron chi connectivity index (χ4n) is 4.43. The first-order valence-electron chi connectivity index (χ1n) is 15.8. The number of aromatic nitrogens is 1. The third-order valence-electron chi connectivity index (χ3n) is 6.94. The molecular weight excluding hydrogens is 613 g/mol. The van der Waals surface area contributed by atoms with E-state index in [1.165, 1.54) is 42.4 Å². The number of hydrogen-bond donors (Lipinski definition) is 3. The van der Waals surface area contributed by atoms with E-state index in [4.69, 9.17) is 4.74 Å². The zero-order valence-corrected chi connectivity index (χ0v) is 28.7. The number of hydrogen-bond acceptors (Lipinski definition) is 9. The van der Waals surface area contributed by atoms with Crippen molar-refractivity contribution in [1.82, 2.24) is 20.9 Å². The van der Waals surface area contributed by atoms with Gasteiger partial charge in [0.25, 0.3) is 11.8 Å². The number of pyridine rings is 1. The SMILES string of the molecule is C/C=C1\NC(=O)c2ccc(SCC)c(n2)CNC(=O)C[C@@H](/C=C/CCSC(=O)CCCCCCC)OC(=O)[C@H](C(C)C)NC1=O. The van der Waals surface area contributed by atoms with Gasteiger partial charge in [-0.1, -0.05) is 77.3 Å². The number of amides is 3. The highest BCUT2D eigenvalue weighted by atomic mass is 32.2. The lowest BCUT2D eigenvalue weighted by Crippen LogP contribution is -2.48. The molecule has 0 saturated heterocycles. The number of carbonyl (C=O) groups is 5. The first-order valence-corrected chi connectivity index (χ1v) is 17.8. The Morgan fingerprint density at radius 1 is 1.09 bits per heavy atom. The molecule has 45 heavy (non-hydrogen) atoms. The second-order valence-electron chi connectivity index (χ2n) is 11.0. The molecule has 0 aromatic carbocycles. The first kappa shape index (κ1) is 38.1. The second-order valence-corrected chi connectivity index (χ2v) is 13.4. The highest BCUT2D eigenvalue weighted by molar-refractivity contribution is 8.13. The standard InChI is InChI=1S/C33H48N4O6S2/c1-6-9-10-11-12-16-29(39)45-19-14-13-15-23-20-28(38)34-21-26-27(44-8-3)18-17-25(35-26)32(41)36-24(7-2)31(40)37-30(22(4)5)33(42)43-23/h7,13,15,17-18,22-23,30H,6,8-12,14,16,19-21H2,1-5H3,(H,34,38)(H,36,41)(H,37,40)/b15-13+,24-7-/t23-,30+/m1/s1. The lowest BCUT2D eigenvalue weighted by atomic mass is 10.0. The summed E-state index contributed by atoms with van der Waals surface area (Å²) < 4.78 is 5.75. The highest BCUT2D eigenvalue weighted by Crippen LogP contribution is 2.22. The van der Waals surface area contributed by atoms with Gasteiger partial charge in [-0.25, -0.2) is 9.78 Å². The third kappa shape index (κ3) is 13.8. The Morgan fingerprint density at radius 2 is 1.84 bits per heavy atom. The molecule has 2 atom stereocenters. The van der Waals surface area contributed by atoms with Crippen LogP contribution < -0.4 is 16.0 Å². The van der Waals surface area contributed by atoms with Gasteiger partial charge in [-0.15, -0.1) is 11.8 Å². The molecule has 0 fully saturated rings. The van der Waals surface area contributed by atoms with Crippen LogP contribution in [0.1, 0.15) is 102 Å². The summed E-state index contributed by atoms with van der Waals surface area (Å²) in [5.74, 6) is -1.31. The Balaban J connectivity index is 2.22. The van der Waals surface area contributed by atoms with Crippen molar-refractivity contribution in [3.63, 3.8) is 0 Å². The van der Waals surface area contributed by atoms with Gasteiger partial charge in [0.15, 0.2) is 5.12 Å². The molecule has 0 saturated carbocycles. The molecule has 3 amide bonds. The molecule has 248 valence electrons. The molecule has 1 aliphatic heterocycles. The Morgan fingerprint density at radius 3 is 2.53 bits per heavy atom. The number of ether oxygens (including phenoxy) is 1. The van der Waals surface area contributed by atoms with Gasteiger partial charge in [0.2, 0.25) is 5.91 Å². The summed E-state index contributed by atoms with van der Waals surface area (Å²) in [4.78, 5) is 70.0. The zero-order chi connectivity index (χ0) is 33.2. The van der Waals surface area contributed by atoms with Gasteiger partial charge < -0.3 is 20.7 Å². The summed E-state index contributed by atoms with van der Waals surface area (Å²) in [6, 6.07) is 2.31. The van der Waals surface area contributed by atoms with Gasteiger partial charge >= 0.3 is 5.97 Å². The van der Waals surface area contributed by atoms with E-state index in [1.807, 2.05) is 13.0 Å². The predicted octanol–water partition coefficient (Wildman–Crippen LogP) is 5.47. The summed E-state index contributed by atoms with van der Waals surface area (Å²) >= 11 is 2.82. The van der Waals surface area contributed by atoms with Crippen LogP contribution in [0.4, 0.5) is 0 Å². The smallest absolute Gasteiger partial charge is 0.329 e. The first-order chi connectivity index (χ1) is 21.6. The van der Waals surface area contributed by atoms with Crippen molar-refractivity contribution in [2.24, 2.45) is 5.92 Å². The molecule has 0 aliphatic carbocycles. The summed E-state index contributed by atoms with van der Waals surface area (Å²) in [7, 11) is 0. The van der Waals surface area contributed by atoms with Crippen molar-refractivity contribution in [3.05, 3.63) is 47.4 Å². The van der Waals surface area contributed by atoms with Crippen LogP contribution in [0, 0.1) is 5.92 Å². The van der Waals surface area contributed by atoms with Gasteiger partial charge in [-0.05, 0) is 49.6 Å². The largest absolute Gasteiger partial charge is 0.456 e. The molecule has 2 heterocycles. The second kappa shape index (κ2) is 20.8. The van der Waals surface area contributed by atoms with Crippen molar-refractivity contribution >= 4 is 52.3 Å². The van der Waals surface area contributed by atoms with E-state index in [0.717, 1.165) is 29.9 Å². The van der Waals surface area contributed by atoms with Crippen molar-refractivity contribution in [2.45, 2.75) is 110 Å². The van der Waals surface area contributed by atoms with Gasteiger partial charge in [-0.3, -0.25) is 19.2 Å². The quantitative estimate of drug-likeness (QED) is 0.0826. The molecule has 0 radical (unpaired) electrons. The lowest BCUT2D eigenvalue weighted by Gasteiger charge is -2.24. The third-order valence-corrected chi connectivity index (χ3v) is 8.88. The number of rotatable bonds is 13. The molecule has 0 spiro atoms. The molecule has 1 aromatic rings. The number of nitrogens with one attached hydrogen (secondary N) is 3. The van der Waals surface area contributed by atoms with Crippen LogP contribution in [-0.4, -0.2) is 57.4 Å². The fourth-order valence-corrected chi connectivity index (χ4v) is 5.96. The van der Waals surface area contributed by atoms with E-state index in [0.29, 0.717) is 24.3 Å². The number of fused-ring (bicyclic) bond motifs is 2. The minimum absolute atomic E-state index is 0.0290. The molecule has 0 unspecified atom stereocenters. The fraction of sp³-hybridized carbons (Fsp3) is 0.576. The van der Waals surface area contributed by atoms with E-state index >= 15 is 0 Å². The number of nitrogens with zero attached hydrogens (tertiary/aromatic N) is 1. The number of cyclic esters (lactones) is 1. The average molecular weight is 661 g/mol. The molecule has 10 nitrogen and oxygen atoms in total. The van der Waals surface area contributed by atoms with Gasteiger partial charge in [0, 0.05) is 17.1 Å². The van der Waals surface area contributed by atoms with Gasteiger partial charge in [0.05, 0.1) is 18.7 Å². The zero-order valence-electron chi connectivity index (χ0n) is 27.1. The average Bonchev–Trinajstić information content (AvgIpc) is 3.00. The number of unbranched alkanes of at least 4 members (excludes halogenated alkanes) is 4. The number of thioether (sulfide) groups is 2. The van der Waals surface area contributed by atoms with E-state index < -0.39 is 29.9 Å². The highest BCUT2D eigenvalue weighted by Gasteiger charge is 2.30. The van der Waals surface area contributed by atoms with Gasteiger partial charge in [0.1, 0.15) is 23.5 Å². The summed E-state index contributed by atoms with van der Waals surface area (Å²) in [6.07, 6.45) is 10.5. The Bertz CT molecular complexity index is 1230. The molecule has 2 rings (SSSR count). The van der Waals surface area contributed by atoms with E-state index in [9.17, 15) is 24.0 Å². The topological polar surface area (TPSA) is 144 Å². The predicted molar refractivity (Wildman–Crippen MR) is 180 cm³/mol. The molecular formula is C33H48N4O6S2. The van der Waals surface area contributed by atoms with Crippen molar-refractivity contribution in [2.75, 3.05) is 11.5 Å². The molecule has 3 N–H and O–H groups in total. The maximum atomic E-state index is 13.3. The van der Waals surface area contributed by atoms with Crippen molar-refractivity contribution < 1.29 is 28.7 Å². The van der Waals surface area contributed by atoms with Crippen LogP contribution in [0.25, 0.3) is 0 Å². The van der Waals surface area contributed by atoms with Crippen LogP contribution in [0.5, 0.6) is 0 Å². The normalized spacial score (nSPS) is 19.4. The van der Waals surface area contributed by atoms with Gasteiger partial charge in [-0.2, -0.15) is 0 Å². The summed E-state index contributed by atoms with van der Waals surface area (Å²) in [6.45, 7) is 9.34. The number of esters is 1. The van der Waals surface area contributed by atoms with Crippen LogP contribution in [0.2, 0.25) is 0 Å². The molecule has 12 heteroatoms. The maximum absolute atomic E-state index is 13.3. The van der Waals surface area contributed by atoms with Crippen LogP contribution in [0.15, 0.2) is 41.0 Å². The molecule has 1 aromatic heterocycles. The van der Waals surface area contributed by atoms with Crippen molar-refractivity contribution in [1.29, 1.82) is 0 Å². The van der Waals surface area contributed by atoms with E-state index in [-0.39, 0.29) is 41.3 Å². The maximum Gasteiger partial charge on any atom is 0.329 e. The monoisotopic (exact) mass is 660 g/mol.